The molecule has 24 heavy (non-hydrogen) atoms. The van der Waals surface area contributed by atoms with E-state index in [9.17, 15) is 14.4 Å². The van der Waals surface area contributed by atoms with Crippen LogP contribution in [0.15, 0.2) is 53.1 Å². The molecule has 0 saturated carbocycles. The van der Waals surface area contributed by atoms with Gasteiger partial charge in [-0.1, -0.05) is 18.2 Å². The van der Waals surface area contributed by atoms with Crippen LogP contribution in [0.2, 0.25) is 0 Å². The van der Waals surface area contributed by atoms with Gasteiger partial charge in [-0.05, 0) is 24.3 Å². The Bertz CT molecular complexity index is 728. The minimum Gasteiger partial charge on any atom is -0.467 e. The van der Waals surface area contributed by atoms with Crippen molar-refractivity contribution in [2.45, 2.75) is 13.0 Å². The third-order valence-corrected chi connectivity index (χ3v) is 3.85. The number of carbonyl (C=O) groups excluding carboxylic acids is 3. The van der Waals surface area contributed by atoms with Gasteiger partial charge in [-0.25, -0.2) is 0 Å². The maximum Gasteiger partial charge on any atom is 0.269 e. The summed E-state index contributed by atoms with van der Waals surface area (Å²) in [7, 11) is 0. The summed E-state index contributed by atoms with van der Waals surface area (Å²) in [5, 5.41) is 0. The lowest BCUT2D eigenvalue weighted by atomic mass is 10.1. The molecule has 1 unspecified atom stereocenters. The van der Waals surface area contributed by atoms with Crippen molar-refractivity contribution in [1.82, 2.24) is 15.8 Å². The van der Waals surface area contributed by atoms with E-state index in [1.54, 1.807) is 53.6 Å². The van der Waals surface area contributed by atoms with E-state index in [0.717, 1.165) is 0 Å². The molecular formula is C17H17N3O4. The minimum atomic E-state index is -0.497. The maximum absolute atomic E-state index is 12.1. The summed E-state index contributed by atoms with van der Waals surface area (Å²) in [5.41, 5.74) is 5.19. The zero-order valence-electron chi connectivity index (χ0n) is 12.9. The highest BCUT2D eigenvalue weighted by molar-refractivity contribution is 5.96. The van der Waals surface area contributed by atoms with Crippen molar-refractivity contribution in [3.63, 3.8) is 0 Å². The number of benzene rings is 1. The van der Waals surface area contributed by atoms with Gasteiger partial charge in [0, 0.05) is 18.5 Å². The lowest BCUT2D eigenvalue weighted by Crippen LogP contribution is -2.45. The molecule has 1 aliphatic heterocycles. The number of rotatable bonds is 4. The first-order valence-electron chi connectivity index (χ1n) is 7.59. The second-order valence-corrected chi connectivity index (χ2v) is 5.56. The van der Waals surface area contributed by atoms with Crippen molar-refractivity contribution >= 4 is 17.7 Å². The van der Waals surface area contributed by atoms with Crippen LogP contribution in [0, 0.1) is 5.92 Å². The van der Waals surface area contributed by atoms with Gasteiger partial charge in [0.15, 0.2) is 0 Å². The van der Waals surface area contributed by atoms with E-state index < -0.39 is 11.8 Å². The third kappa shape index (κ3) is 3.62. The van der Waals surface area contributed by atoms with E-state index in [-0.39, 0.29) is 18.2 Å². The van der Waals surface area contributed by atoms with Crippen LogP contribution in [0.1, 0.15) is 22.5 Å². The smallest absolute Gasteiger partial charge is 0.269 e. The molecule has 0 bridgehead atoms. The van der Waals surface area contributed by atoms with E-state index in [1.807, 2.05) is 0 Å². The number of hydrogen-bond donors (Lipinski definition) is 2. The van der Waals surface area contributed by atoms with Crippen molar-refractivity contribution in [2.75, 3.05) is 6.54 Å². The van der Waals surface area contributed by atoms with Crippen molar-refractivity contribution < 1.29 is 18.8 Å². The molecule has 2 heterocycles. The van der Waals surface area contributed by atoms with Gasteiger partial charge in [0.05, 0.1) is 18.7 Å². The second-order valence-electron chi connectivity index (χ2n) is 5.56. The summed E-state index contributed by atoms with van der Waals surface area (Å²) in [6.45, 7) is 0.637. The van der Waals surface area contributed by atoms with Crippen LogP contribution < -0.4 is 10.9 Å². The van der Waals surface area contributed by atoms with Gasteiger partial charge in [-0.15, -0.1) is 0 Å². The molecule has 1 aromatic heterocycles. The zero-order valence-corrected chi connectivity index (χ0v) is 12.9. The van der Waals surface area contributed by atoms with Crippen molar-refractivity contribution in [1.29, 1.82) is 0 Å². The van der Waals surface area contributed by atoms with E-state index in [4.69, 9.17) is 4.42 Å². The molecule has 124 valence electrons. The molecule has 0 spiro atoms. The standard InChI is InChI=1S/C17H17N3O4/c21-15-9-13(10-20(15)11-14-7-4-8-24-14)17(23)19-18-16(22)12-5-2-1-3-6-12/h1-8,13H,9-11H2,(H,18,22)(H,19,23). The highest BCUT2D eigenvalue weighted by Gasteiger charge is 2.34. The first-order chi connectivity index (χ1) is 11.6. The Kier molecular flexibility index (Phi) is 4.60. The molecule has 3 rings (SSSR count). The van der Waals surface area contributed by atoms with Crippen LogP contribution in [0.3, 0.4) is 0 Å². The Hall–Kier alpha value is -3.09. The quantitative estimate of drug-likeness (QED) is 0.822. The van der Waals surface area contributed by atoms with Gasteiger partial charge in [0.2, 0.25) is 11.8 Å². The first-order valence-corrected chi connectivity index (χ1v) is 7.59. The summed E-state index contributed by atoms with van der Waals surface area (Å²) >= 11 is 0. The molecular weight excluding hydrogens is 310 g/mol. The van der Waals surface area contributed by atoms with Crippen LogP contribution >= 0.6 is 0 Å². The van der Waals surface area contributed by atoms with Crippen LogP contribution in [0.25, 0.3) is 0 Å². The maximum atomic E-state index is 12.1. The molecule has 2 aromatic rings. The van der Waals surface area contributed by atoms with E-state index in [0.29, 0.717) is 24.4 Å². The number of carbonyl (C=O) groups is 3. The number of nitrogens with one attached hydrogen (secondary N) is 2. The Morgan fingerprint density at radius 2 is 1.92 bits per heavy atom. The fourth-order valence-corrected chi connectivity index (χ4v) is 2.57. The Labute approximate surface area is 138 Å². The van der Waals surface area contributed by atoms with Crippen LogP contribution in [-0.4, -0.2) is 29.2 Å². The summed E-state index contributed by atoms with van der Waals surface area (Å²) in [6, 6.07) is 12.1. The largest absolute Gasteiger partial charge is 0.467 e. The summed E-state index contributed by atoms with van der Waals surface area (Å²) in [5.74, 6) is -0.721. The predicted octanol–water partition coefficient (Wildman–Crippen LogP) is 1.09. The molecule has 1 aliphatic rings. The minimum absolute atomic E-state index is 0.110. The van der Waals surface area contributed by atoms with Crippen LogP contribution in [-0.2, 0) is 16.1 Å². The van der Waals surface area contributed by atoms with Crippen molar-refractivity contribution in [3.8, 4) is 0 Å². The Morgan fingerprint density at radius 3 is 2.62 bits per heavy atom. The van der Waals surface area contributed by atoms with Gasteiger partial charge in [-0.2, -0.15) is 0 Å². The van der Waals surface area contributed by atoms with E-state index in [1.165, 1.54) is 0 Å². The van der Waals surface area contributed by atoms with Crippen LogP contribution in [0.5, 0.6) is 0 Å². The number of hydrogen-bond acceptors (Lipinski definition) is 4. The first kappa shape index (κ1) is 15.8. The van der Waals surface area contributed by atoms with Gasteiger partial charge in [0.1, 0.15) is 5.76 Å². The van der Waals surface area contributed by atoms with Gasteiger partial charge >= 0.3 is 0 Å². The number of likely N-dealkylation sites (tertiary alicyclic amines) is 1. The summed E-state index contributed by atoms with van der Waals surface area (Å²) < 4.78 is 5.22. The fourth-order valence-electron chi connectivity index (χ4n) is 2.57. The van der Waals surface area contributed by atoms with E-state index in [2.05, 4.69) is 10.9 Å². The number of hydrazine groups is 1. The number of furan rings is 1. The number of amides is 3. The molecule has 1 atom stereocenters. The summed E-state index contributed by atoms with van der Waals surface area (Å²) in [6.07, 6.45) is 1.66. The molecule has 0 radical (unpaired) electrons. The van der Waals surface area contributed by atoms with Gasteiger partial charge in [0.25, 0.3) is 5.91 Å². The Balaban J connectivity index is 1.51. The lowest BCUT2D eigenvalue weighted by molar-refractivity contribution is -0.129. The average Bonchev–Trinajstić information content (AvgIpc) is 3.24. The highest BCUT2D eigenvalue weighted by atomic mass is 16.3. The lowest BCUT2D eigenvalue weighted by Gasteiger charge is -2.15. The van der Waals surface area contributed by atoms with Crippen molar-refractivity contribution in [3.05, 3.63) is 60.1 Å². The van der Waals surface area contributed by atoms with Gasteiger partial charge < -0.3 is 9.32 Å². The molecule has 2 N–H and O–H groups in total. The second kappa shape index (κ2) is 6.99. The number of nitrogens with zero attached hydrogens (tertiary/aromatic N) is 1. The SMILES string of the molecule is O=C(NNC(=O)C1CC(=O)N(Cc2ccco2)C1)c1ccccc1. The third-order valence-electron chi connectivity index (χ3n) is 3.85. The summed E-state index contributed by atoms with van der Waals surface area (Å²) in [4.78, 5) is 37.6. The molecule has 7 nitrogen and oxygen atoms in total. The fraction of sp³-hybridized carbons (Fsp3) is 0.235. The topological polar surface area (TPSA) is 91.7 Å². The normalized spacial score (nSPS) is 16.9. The molecule has 1 fully saturated rings. The zero-order chi connectivity index (χ0) is 16.9. The van der Waals surface area contributed by atoms with Crippen molar-refractivity contribution in [2.24, 2.45) is 5.92 Å². The molecule has 7 heteroatoms. The molecule has 1 saturated heterocycles. The molecule has 1 aromatic carbocycles. The predicted molar refractivity (Wildman–Crippen MR) is 84.3 cm³/mol. The Morgan fingerprint density at radius 1 is 1.12 bits per heavy atom. The monoisotopic (exact) mass is 327 g/mol. The highest BCUT2D eigenvalue weighted by Crippen LogP contribution is 2.20. The molecule has 0 aliphatic carbocycles. The van der Waals surface area contributed by atoms with Crippen LogP contribution in [0.4, 0.5) is 0 Å². The van der Waals surface area contributed by atoms with E-state index >= 15 is 0 Å². The average molecular weight is 327 g/mol. The molecule has 3 amide bonds. The van der Waals surface area contributed by atoms with Gasteiger partial charge in [-0.3, -0.25) is 25.2 Å².